The number of hydrogen-bond donors (Lipinski definition) is 0. The molecule has 0 bridgehead atoms. The summed E-state index contributed by atoms with van der Waals surface area (Å²) in [6, 6.07) is 6.03. The van der Waals surface area contributed by atoms with E-state index >= 15 is 0 Å². The Labute approximate surface area is 108 Å². The lowest BCUT2D eigenvalue weighted by Gasteiger charge is -2.28. The summed E-state index contributed by atoms with van der Waals surface area (Å²) < 4.78 is 38.5. The van der Waals surface area contributed by atoms with Crippen LogP contribution in [0, 0.1) is 5.82 Å². The number of benzene rings is 1. The predicted octanol–water partition coefficient (Wildman–Crippen LogP) is 2.70. The van der Waals surface area contributed by atoms with Gasteiger partial charge < -0.3 is 0 Å². The summed E-state index contributed by atoms with van der Waals surface area (Å²) in [4.78, 5) is 0. The Morgan fingerprint density at radius 3 is 2.72 bits per heavy atom. The summed E-state index contributed by atoms with van der Waals surface area (Å²) >= 11 is 0. The van der Waals surface area contributed by atoms with Crippen LogP contribution in [0.5, 0.6) is 0 Å². The Kier molecular flexibility index (Phi) is 4.02. The van der Waals surface area contributed by atoms with Gasteiger partial charge in [0, 0.05) is 12.6 Å². The number of sulfonamides is 1. The fourth-order valence-corrected chi connectivity index (χ4v) is 3.68. The molecule has 0 radical (unpaired) electrons. The molecule has 1 aromatic carbocycles. The van der Waals surface area contributed by atoms with Crippen LogP contribution >= 0.6 is 0 Å². The molecule has 0 aromatic heterocycles. The average molecular weight is 271 g/mol. The van der Waals surface area contributed by atoms with Crippen LogP contribution in [0.1, 0.15) is 37.3 Å². The highest BCUT2D eigenvalue weighted by Crippen LogP contribution is 2.32. The van der Waals surface area contributed by atoms with Crippen LogP contribution in [-0.2, 0) is 10.0 Å². The first-order valence-corrected chi connectivity index (χ1v) is 8.05. The fraction of sp³-hybridized carbons (Fsp3) is 0.538. The molecule has 0 aliphatic carbocycles. The van der Waals surface area contributed by atoms with Gasteiger partial charge in [0.25, 0.3) is 0 Å². The molecule has 1 saturated heterocycles. The van der Waals surface area contributed by atoms with E-state index in [0.29, 0.717) is 6.54 Å². The molecule has 3 nitrogen and oxygen atoms in total. The lowest BCUT2D eigenvalue weighted by molar-refractivity contribution is 0.330. The fourth-order valence-electron chi connectivity index (χ4n) is 2.53. The molecule has 0 amide bonds. The first-order valence-electron chi connectivity index (χ1n) is 6.21. The van der Waals surface area contributed by atoms with Crippen molar-refractivity contribution in [3.05, 3.63) is 35.6 Å². The van der Waals surface area contributed by atoms with Crippen molar-refractivity contribution in [3.8, 4) is 0 Å². The summed E-state index contributed by atoms with van der Waals surface area (Å²) in [5.74, 6) is -0.315. The van der Waals surface area contributed by atoms with Gasteiger partial charge in [-0.05, 0) is 30.5 Å². The highest BCUT2D eigenvalue weighted by molar-refractivity contribution is 7.88. The molecule has 100 valence electrons. The molecule has 1 heterocycles. The number of rotatable bonds is 2. The van der Waals surface area contributed by atoms with E-state index < -0.39 is 10.0 Å². The van der Waals surface area contributed by atoms with Gasteiger partial charge in [0.1, 0.15) is 5.82 Å². The maximum atomic E-state index is 13.3. The lowest BCUT2D eigenvalue weighted by Crippen LogP contribution is -2.33. The van der Waals surface area contributed by atoms with Crippen LogP contribution < -0.4 is 0 Å². The average Bonchev–Trinajstić information content (AvgIpc) is 2.53. The van der Waals surface area contributed by atoms with Crippen molar-refractivity contribution < 1.29 is 12.8 Å². The first kappa shape index (κ1) is 13.5. The van der Waals surface area contributed by atoms with Crippen LogP contribution in [0.3, 0.4) is 0 Å². The highest BCUT2D eigenvalue weighted by atomic mass is 32.2. The van der Waals surface area contributed by atoms with Crippen molar-refractivity contribution >= 4 is 10.0 Å². The largest absolute Gasteiger partial charge is 0.212 e. The summed E-state index contributed by atoms with van der Waals surface area (Å²) in [6.45, 7) is 0.528. The zero-order valence-corrected chi connectivity index (χ0v) is 11.3. The Morgan fingerprint density at radius 1 is 1.28 bits per heavy atom. The number of nitrogens with zero attached hydrogens (tertiary/aromatic N) is 1. The normalized spacial score (nSPS) is 22.7. The molecule has 2 rings (SSSR count). The second-order valence-electron chi connectivity index (χ2n) is 4.79. The Morgan fingerprint density at radius 2 is 2.06 bits per heavy atom. The summed E-state index contributed by atoms with van der Waals surface area (Å²) in [6.07, 6.45) is 4.87. The molecule has 0 saturated carbocycles. The monoisotopic (exact) mass is 271 g/mol. The molecule has 0 unspecified atom stereocenters. The summed E-state index contributed by atoms with van der Waals surface area (Å²) in [7, 11) is -3.25. The second-order valence-corrected chi connectivity index (χ2v) is 6.73. The van der Waals surface area contributed by atoms with E-state index in [1.807, 2.05) is 0 Å². The van der Waals surface area contributed by atoms with Crippen molar-refractivity contribution in [2.45, 2.75) is 31.7 Å². The van der Waals surface area contributed by atoms with E-state index in [-0.39, 0.29) is 11.9 Å². The minimum absolute atomic E-state index is 0.224. The second kappa shape index (κ2) is 5.36. The van der Waals surface area contributed by atoms with Gasteiger partial charge in [-0.2, -0.15) is 4.31 Å². The molecule has 1 aliphatic rings. The van der Waals surface area contributed by atoms with Crippen molar-refractivity contribution in [3.63, 3.8) is 0 Å². The third-order valence-electron chi connectivity index (χ3n) is 3.36. The molecule has 18 heavy (non-hydrogen) atoms. The standard InChI is InChI=1S/C13H18FNO2S/c1-18(16,17)15-9-4-2-3-8-13(15)11-6-5-7-12(14)10-11/h5-7,10,13H,2-4,8-9H2,1H3/t13-/m0/s1. The number of halogens is 1. The first-order chi connectivity index (χ1) is 8.48. The van der Waals surface area contributed by atoms with Gasteiger partial charge in [0.05, 0.1) is 6.26 Å². The van der Waals surface area contributed by atoms with Crippen LogP contribution in [0.4, 0.5) is 4.39 Å². The zero-order valence-electron chi connectivity index (χ0n) is 10.5. The van der Waals surface area contributed by atoms with Gasteiger partial charge in [-0.1, -0.05) is 25.0 Å². The zero-order chi connectivity index (χ0) is 13.2. The quantitative estimate of drug-likeness (QED) is 0.829. The molecule has 1 aromatic rings. The minimum atomic E-state index is -3.25. The van der Waals surface area contributed by atoms with E-state index in [2.05, 4.69) is 0 Å². The van der Waals surface area contributed by atoms with Crippen LogP contribution in [-0.4, -0.2) is 25.5 Å². The summed E-state index contributed by atoms with van der Waals surface area (Å²) in [5.41, 5.74) is 0.752. The molecular formula is C13H18FNO2S. The minimum Gasteiger partial charge on any atom is -0.212 e. The molecule has 1 fully saturated rings. The van der Waals surface area contributed by atoms with E-state index in [1.54, 1.807) is 12.1 Å². The Balaban J connectivity index is 2.37. The molecule has 0 spiro atoms. The van der Waals surface area contributed by atoms with Gasteiger partial charge >= 0.3 is 0 Å². The number of hydrogen-bond acceptors (Lipinski definition) is 2. The topological polar surface area (TPSA) is 37.4 Å². The third-order valence-corrected chi connectivity index (χ3v) is 4.65. The SMILES string of the molecule is CS(=O)(=O)N1CCCCC[C@H]1c1cccc(F)c1. The van der Waals surface area contributed by atoms with Gasteiger partial charge in [-0.25, -0.2) is 12.8 Å². The van der Waals surface area contributed by atoms with E-state index in [9.17, 15) is 12.8 Å². The summed E-state index contributed by atoms with van der Waals surface area (Å²) in [5, 5.41) is 0. The highest BCUT2D eigenvalue weighted by Gasteiger charge is 2.29. The lowest BCUT2D eigenvalue weighted by atomic mass is 10.0. The maximum absolute atomic E-state index is 13.3. The molecule has 0 N–H and O–H groups in total. The van der Waals surface area contributed by atoms with Gasteiger partial charge in [-0.3, -0.25) is 0 Å². The van der Waals surface area contributed by atoms with Gasteiger partial charge in [0.2, 0.25) is 10.0 Å². The van der Waals surface area contributed by atoms with Gasteiger partial charge in [-0.15, -0.1) is 0 Å². The van der Waals surface area contributed by atoms with Crippen LogP contribution in [0.15, 0.2) is 24.3 Å². The molecule has 5 heteroatoms. The Bertz CT molecular complexity index is 515. The van der Waals surface area contributed by atoms with Crippen LogP contribution in [0.25, 0.3) is 0 Å². The van der Waals surface area contributed by atoms with E-state index in [0.717, 1.165) is 31.2 Å². The molecule has 1 atom stereocenters. The Hall–Kier alpha value is -0.940. The maximum Gasteiger partial charge on any atom is 0.211 e. The molecular weight excluding hydrogens is 253 g/mol. The van der Waals surface area contributed by atoms with E-state index in [4.69, 9.17) is 0 Å². The van der Waals surface area contributed by atoms with Crippen molar-refractivity contribution in [2.24, 2.45) is 0 Å². The van der Waals surface area contributed by atoms with Crippen LogP contribution in [0.2, 0.25) is 0 Å². The van der Waals surface area contributed by atoms with Crippen molar-refractivity contribution in [2.75, 3.05) is 12.8 Å². The third kappa shape index (κ3) is 3.09. The molecule has 1 aliphatic heterocycles. The van der Waals surface area contributed by atoms with Gasteiger partial charge in [0.15, 0.2) is 0 Å². The predicted molar refractivity (Wildman–Crippen MR) is 69.2 cm³/mol. The van der Waals surface area contributed by atoms with Crippen molar-refractivity contribution in [1.82, 2.24) is 4.31 Å². The van der Waals surface area contributed by atoms with E-state index in [1.165, 1.54) is 22.7 Å². The van der Waals surface area contributed by atoms with Crippen molar-refractivity contribution in [1.29, 1.82) is 0 Å². The smallest absolute Gasteiger partial charge is 0.211 e.